The molecular weight excluding hydrogens is 158 g/mol. The molecule has 0 unspecified atom stereocenters. The molecule has 1 nitrogen and oxygen atoms in total. The van der Waals surface area contributed by atoms with Gasteiger partial charge >= 0.3 is 0 Å². The molecule has 2 N–H and O–H groups in total. The first kappa shape index (κ1) is 18.3. The minimum Gasteiger partial charge on any atom is -0.326 e. The Kier molecular flexibility index (Phi) is 19.8. The molecule has 0 saturated carbocycles. The number of hydrogen-bond donors (Lipinski definition) is 1. The Morgan fingerprint density at radius 2 is 1.08 bits per heavy atom. The van der Waals surface area contributed by atoms with E-state index in [-0.39, 0.29) is 5.54 Å². The zero-order chi connectivity index (χ0) is 11.3. The second kappa shape index (κ2) is 14.1. The smallest absolute Gasteiger partial charge is 0.00686 e. The molecule has 0 spiro atoms. The highest BCUT2D eigenvalue weighted by atomic mass is 14.7. The Morgan fingerprint density at radius 1 is 0.923 bits per heavy atom. The Bertz CT molecular complexity index is 77.0. The van der Waals surface area contributed by atoms with Crippen LogP contribution in [0.4, 0.5) is 0 Å². The fraction of sp³-hybridized carbons (Fsp3) is 0.833. The van der Waals surface area contributed by atoms with E-state index in [4.69, 9.17) is 5.73 Å². The van der Waals surface area contributed by atoms with Gasteiger partial charge in [0, 0.05) is 5.54 Å². The molecule has 0 aromatic carbocycles. The van der Waals surface area contributed by atoms with Gasteiger partial charge in [0.15, 0.2) is 0 Å². The SMILES string of the molecule is C#C.CC(C)(C)N.CCCCCC. The molecule has 0 atom stereocenters. The lowest BCUT2D eigenvalue weighted by atomic mass is 10.1. The third kappa shape index (κ3) is 164. The molecule has 0 aromatic rings. The van der Waals surface area contributed by atoms with Gasteiger partial charge in [-0.25, -0.2) is 0 Å². The second-order valence-corrected chi connectivity index (χ2v) is 4.07. The minimum absolute atomic E-state index is 0. The van der Waals surface area contributed by atoms with Crippen molar-refractivity contribution in [1.29, 1.82) is 0 Å². The van der Waals surface area contributed by atoms with Crippen molar-refractivity contribution in [3.8, 4) is 12.8 Å². The summed E-state index contributed by atoms with van der Waals surface area (Å²) in [5.41, 5.74) is 5.35. The Labute approximate surface area is 85.1 Å². The van der Waals surface area contributed by atoms with Crippen molar-refractivity contribution in [3.63, 3.8) is 0 Å². The van der Waals surface area contributed by atoms with Gasteiger partial charge < -0.3 is 5.73 Å². The predicted octanol–water partition coefficient (Wildman–Crippen LogP) is 3.58. The minimum atomic E-state index is 0. The molecule has 0 bridgehead atoms. The Hall–Kier alpha value is -0.480. The van der Waals surface area contributed by atoms with E-state index in [1.807, 2.05) is 20.8 Å². The van der Waals surface area contributed by atoms with E-state index in [9.17, 15) is 0 Å². The van der Waals surface area contributed by atoms with Crippen LogP contribution in [0.2, 0.25) is 0 Å². The van der Waals surface area contributed by atoms with Gasteiger partial charge in [-0.1, -0.05) is 39.5 Å². The van der Waals surface area contributed by atoms with Gasteiger partial charge in [0.1, 0.15) is 0 Å². The van der Waals surface area contributed by atoms with Crippen LogP contribution in [0, 0.1) is 12.8 Å². The van der Waals surface area contributed by atoms with Crippen molar-refractivity contribution in [2.75, 3.05) is 0 Å². The van der Waals surface area contributed by atoms with E-state index < -0.39 is 0 Å². The molecule has 0 radical (unpaired) electrons. The van der Waals surface area contributed by atoms with Gasteiger partial charge in [-0.3, -0.25) is 0 Å². The summed E-state index contributed by atoms with van der Waals surface area (Å²) in [6.45, 7) is 10.4. The molecule has 0 rings (SSSR count). The monoisotopic (exact) mass is 185 g/mol. The highest BCUT2D eigenvalue weighted by molar-refractivity contribution is 4.60. The maximum absolute atomic E-state index is 5.35. The lowest BCUT2D eigenvalue weighted by Gasteiger charge is -2.06. The normalized spacial score (nSPS) is 8.92. The van der Waals surface area contributed by atoms with Crippen LogP contribution >= 0.6 is 0 Å². The summed E-state index contributed by atoms with van der Waals surface area (Å²) in [6.07, 6.45) is 13.5. The summed E-state index contributed by atoms with van der Waals surface area (Å²) in [7, 11) is 0. The molecule has 0 fully saturated rings. The number of terminal acetylenes is 1. The summed E-state index contributed by atoms with van der Waals surface area (Å²) < 4.78 is 0. The van der Waals surface area contributed by atoms with E-state index in [0.29, 0.717) is 0 Å². The quantitative estimate of drug-likeness (QED) is 0.528. The van der Waals surface area contributed by atoms with Gasteiger partial charge in [-0.2, -0.15) is 0 Å². The molecule has 1 heteroatoms. The summed E-state index contributed by atoms with van der Waals surface area (Å²) >= 11 is 0. The molecular formula is C12H27N. The van der Waals surface area contributed by atoms with Crippen LogP contribution < -0.4 is 5.73 Å². The number of nitrogens with two attached hydrogens (primary N) is 1. The third-order valence-electron chi connectivity index (χ3n) is 0.957. The van der Waals surface area contributed by atoms with Crippen molar-refractivity contribution in [2.45, 2.75) is 65.8 Å². The maximum atomic E-state index is 5.35. The number of hydrogen-bond acceptors (Lipinski definition) is 1. The zero-order valence-electron chi connectivity index (χ0n) is 10.1. The first-order valence-corrected chi connectivity index (χ1v) is 5.04. The first-order chi connectivity index (χ1) is 5.91. The molecule has 80 valence electrons. The standard InChI is InChI=1S/C6H14.C4H11N.C2H2/c1-3-5-6-4-2;1-4(2,3)5;1-2/h3-6H2,1-2H3;5H2,1-3H3;1-2H. The molecule has 0 amide bonds. The lowest BCUT2D eigenvalue weighted by molar-refractivity contribution is 0.580. The van der Waals surface area contributed by atoms with Crippen LogP contribution in [0.25, 0.3) is 0 Å². The molecule has 0 aliphatic carbocycles. The molecule has 0 aliphatic heterocycles. The Balaban J connectivity index is -0.000000131. The van der Waals surface area contributed by atoms with Crippen LogP contribution in [0.1, 0.15) is 60.3 Å². The van der Waals surface area contributed by atoms with E-state index in [1.54, 1.807) is 0 Å². The average molecular weight is 185 g/mol. The average Bonchev–Trinajstić information content (AvgIpc) is 2.02. The summed E-state index contributed by atoms with van der Waals surface area (Å²) in [4.78, 5) is 0. The highest BCUT2D eigenvalue weighted by Crippen LogP contribution is 1.95. The predicted molar refractivity (Wildman–Crippen MR) is 63.6 cm³/mol. The highest BCUT2D eigenvalue weighted by Gasteiger charge is 1.95. The van der Waals surface area contributed by atoms with Gasteiger partial charge in [0.05, 0.1) is 0 Å². The van der Waals surface area contributed by atoms with Gasteiger partial charge in [-0.15, -0.1) is 12.8 Å². The zero-order valence-corrected chi connectivity index (χ0v) is 10.1. The van der Waals surface area contributed by atoms with Gasteiger partial charge in [-0.05, 0) is 20.8 Å². The van der Waals surface area contributed by atoms with Crippen LogP contribution in [0.3, 0.4) is 0 Å². The van der Waals surface area contributed by atoms with E-state index in [2.05, 4.69) is 26.7 Å². The number of rotatable bonds is 3. The van der Waals surface area contributed by atoms with Crippen molar-refractivity contribution in [3.05, 3.63) is 0 Å². The van der Waals surface area contributed by atoms with Gasteiger partial charge in [0.25, 0.3) is 0 Å². The van der Waals surface area contributed by atoms with Crippen molar-refractivity contribution < 1.29 is 0 Å². The first-order valence-electron chi connectivity index (χ1n) is 5.04. The molecule has 0 aliphatic rings. The third-order valence-corrected chi connectivity index (χ3v) is 0.957. The molecule has 0 aromatic heterocycles. The largest absolute Gasteiger partial charge is 0.326 e. The van der Waals surface area contributed by atoms with Crippen molar-refractivity contribution in [1.82, 2.24) is 0 Å². The van der Waals surface area contributed by atoms with Crippen molar-refractivity contribution in [2.24, 2.45) is 5.73 Å². The number of unbranched alkanes of at least 4 members (excludes halogenated alkanes) is 3. The van der Waals surface area contributed by atoms with Crippen molar-refractivity contribution >= 4 is 0 Å². The fourth-order valence-electron chi connectivity index (χ4n) is 0.500. The molecule has 13 heavy (non-hydrogen) atoms. The van der Waals surface area contributed by atoms with Crippen LogP contribution in [0.5, 0.6) is 0 Å². The van der Waals surface area contributed by atoms with E-state index >= 15 is 0 Å². The van der Waals surface area contributed by atoms with E-state index in [0.717, 1.165) is 0 Å². The van der Waals surface area contributed by atoms with Crippen LogP contribution in [0.15, 0.2) is 0 Å². The Morgan fingerprint density at radius 3 is 1.15 bits per heavy atom. The lowest BCUT2D eigenvalue weighted by Crippen LogP contribution is -2.26. The van der Waals surface area contributed by atoms with E-state index in [1.165, 1.54) is 25.7 Å². The van der Waals surface area contributed by atoms with Crippen LogP contribution in [-0.4, -0.2) is 5.54 Å². The van der Waals surface area contributed by atoms with Crippen LogP contribution in [-0.2, 0) is 0 Å². The summed E-state index contributed by atoms with van der Waals surface area (Å²) in [6, 6.07) is 0. The molecule has 0 heterocycles. The second-order valence-electron chi connectivity index (χ2n) is 4.07. The summed E-state index contributed by atoms with van der Waals surface area (Å²) in [5, 5.41) is 0. The molecule has 0 saturated heterocycles. The maximum Gasteiger partial charge on any atom is 0.00686 e. The summed E-state index contributed by atoms with van der Waals surface area (Å²) in [5.74, 6) is 0. The van der Waals surface area contributed by atoms with Gasteiger partial charge in [0.2, 0.25) is 0 Å². The topological polar surface area (TPSA) is 26.0 Å². The fourth-order valence-corrected chi connectivity index (χ4v) is 0.500.